The zero-order valence-corrected chi connectivity index (χ0v) is 17.4. The van der Waals surface area contributed by atoms with Crippen LogP contribution >= 0.6 is 11.8 Å². The lowest BCUT2D eigenvalue weighted by atomic mass is 10.2. The van der Waals surface area contributed by atoms with Crippen molar-refractivity contribution in [2.45, 2.75) is 32.6 Å². The summed E-state index contributed by atoms with van der Waals surface area (Å²) in [6, 6.07) is 13.0. The third kappa shape index (κ3) is 5.74. The van der Waals surface area contributed by atoms with Gasteiger partial charge in [-0.2, -0.15) is 0 Å². The van der Waals surface area contributed by atoms with Crippen molar-refractivity contribution < 1.29 is 18.5 Å². The highest BCUT2D eigenvalue weighted by molar-refractivity contribution is 8.01. The van der Waals surface area contributed by atoms with Crippen LogP contribution in [0.25, 0.3) is 0 Å². The lowest BCUT2D eigenvalue weighted by Crippen LogP contribution is -2.33. The zero-order chi connectivity index (χ0) is 20.8. The number of aryl methyl sites for hydroxylation is 2. The summed E-state index contributed by atoms with van der Waals surface area (Å²) in [5, 5.41) is 6.00. The van der Waals surface area contributed by atoms with E-state index in [9.17, 15) is 9.59 Å². The van der Waals surface area contributed by atoms with Crippen LogP contribution in [0, 0.1) is 13.8 Å². The summed E-state index contributed by atoms with van der Waals surface area (Å²) >= 11 is 1.27. The maximum Gasteiger partial charge on any atom is 0.238 e. The lowest BCUT2D eigenvalue weighted by molar-refractivity contribution is -0.116. The molecular weight excluding hydrogens is 390 g/mol. The van der Waals surface area contributed by atoms with Crippen molar-refractivity contribution in [3.8, 4) is 0 Å². The molecule has 2 aromatic heterocycles. The lowest BCUT2D eigenvalue weighted by Gasteiger charge is -2.22. The van der Waals surface area contributed by atoms with Crippen LogP contribution in [0.15, 0.2) is 57.7 Å². The molecule has 0 saturated carbocycles. The van der Waals surface area contributed by atoms with Crippen molar-refractivity contribution >= 4 is 35.1 Å². The first-order valence-corrected chi connectivity index (χ1v) is 10.2. The van der Waals surface area contributed by atoms with Gasteiger partial charge in [0.2, 0.25) is 11.8 Å². The van der Waals surface area contributed by atoms with Crippen LogP contribution in [-0.2, 0) is 16.1 Å². The number of aromatic nitrogens is 1. The third-order valence-corrected chi connectivity index (χ3v) is 5.37. The summed E-state index contributed by atoms with van der Waals surface area (Å²) < 4.78 is 10.4. The van der Waals surface area contributed by atoms with Crippen molar-refractivity contribution in [3.63, 3.8) is 0 Å². The average Bonchev–Trinajstić information content (AvgIpc) is 3.36. The number of hydrogen-bond acceptors (Lipinski definition) is 6. The molecule has 0 spiro atoms. The summed E-state index contributed by atoms with van der Waals surface area (Å²) in [6.07, 6.45) is 1.58. The SMILES string of the molecule is Cc1ccc(N(Cc2ccco2)C(=O)CS[C@H](C)C(=O)Nc2cc(C)on2)cc1. The molecule has 0 aliphatic carbocycles. The number of nitrogens with one attached hydrogen (secondary N) is 1. The van der Waals surface area contributed by atoms with Crippen molar-refractivity contribution in [2.24, 2.45) is 0 Å². The Hall–Kier alpha value is -3.00. The largest absolute Gasteiger partial charge is 0.467 e. The molecule has 1 N–H and O–H groups in total. The summed E-state index contributed by atoms with van der Waals surface area (Å²) in [5.41, 5.74) is 1.90. The topological polar surface area (TPSA) is 88.6 Å². The van der Waals surface area contributed by atoms with Crippen LogP contribution in [0.2, 0.25) is 0 Å². The van der Waals surface area contributed by atoms with Gasteiger partial charge in [0, 0.05) is 11.8 Å². The van der Waals surface area contributed by atoms with Gasteiger partial charge in [-0.25, -0.2) is 0 Å². The summed E-state index contributed by atoms with van der Waals surface area (Å²) in [4.78, 5) is 26.9. The molecular formula is C21H23N3O4S. The summed E-state index contributed by atoms with van der Waals surface area (Å²) in [7, 11) is 0. The highest BCUT2D eigenvalue weighted by atomic mass is 32.2. The van der Waals surface area contributed by atoms with Crippen LogP contribution in [0.1, 0.15) is 24.0 Å². The van der Waals surface area contributed by atoms with Crippen molar-refractivity contribution in [1.82, 2.24) is 5.16 Å². The zero-order valence-electron chi connectivity index (χ0n) is 16.5. The van der Waals surface area contributed by atoms with Crippen LogP contribution < -0.4 is 10.2 Å². The molecule has 7 nitrogen and oxygen atoms in total. The van der Waals surface area contributed by atoms with E-state index in [4.69, 9.17) is 8.94 Å². The molecule has 0 radical (unpaired) electrons. The third-order valence-electron chi connectivity index (χ3n) is 4.25. The summed E-state index contributed by atoms with van der Waals surface area (Å²) in [5.74, 6) is 1.49. The van der Waals surface area contributed by atoms with E-state index in [-0.39, 0.29) is 17.6 Å². The first-order valence-electron chi connectivity index (χ1n) is 9.17. The van der Waals surface area contributed by atoms with Crippen LogP contribution in [0.5, 0.6) is 0 Å². The van der Waals surface area contributed by atoms with Gasteiger partial charge in [-0.1, -0.05) is 22.9 Å². The number of furan rings is 1. The Morgan fingerprint density at radius 1 is 1.21 bits per heavy atom. The second-order valence-corrected chi connectivity index (χ2v) is 7.99. The Labute approximate surface area is 173 Å². The molecule has 1 aromatic carbocycles. The van der Waals surface area contributed by atoms with Crippen LogP contribution in [0.4, 0.5) is 11.5 Å². The Bertz CT molecular complexity index is 951. The predicted molar refractivity (Wildman–Crippen MR) is 113 cm³/mol. The van der Waals surface area contributed by atoms with E-state index in [1.54, 1.807) is 37.1 Å². The van der Waals surface area contributed by atoms with Gasteiger partial charge in [-0.3, -0.25) is 9.59 Å². The summed E-state index contributed by atoms with van der Waals surface area (Å²) in [6.45, 7) is 5.82. The van der Waals surface area contributed by atoms with Crippen molar-refractivity contribution in [3.05, 3.63) is 65.8 Å². The van der Waals surface area contributed by atoms with Crippen LogP contribution in [-0.4, -0.2) is 28.0 Å². The molecule has 0 fully saturated rings. The highest BCUT2D eigenvalue weighted by Crippen LogP contribution is 2.21. The average molecular weight is 413 g/mol. The molecule has 0 aliphatic heterocycles. The van der Waals surface area contributed by atoms with Gasteiger partial charge in [-0.15, -0.1) is 11.8 Å². The first kappa shape index (κ1) is 20.7. The highest BCUT2D eigenvalue weighted by Gasteiger charge is 2.21. The normalized spacial score (nSPS) is 11.8. The molecule has 29 heavy (non-hydrogen) atoms. The fraction of sp³-hybridized carbons (Fsp3) is 0.286. The number of anilines is 2. The quantitative estimate of drug-likeness (QED) is 0.596. The molecule has 0 aliphatic rings. The second kappa shape index (κ2) is 9.47. The van der Waals surface area contributed by atoms with Gasteiger partial charge < -0.3 is 19.2 Å². The number of amides is 2. The molecule has 2 amide bonds. The minimum absolute atomic E-state index is 0.104. The van der Waals surface area contributed by atoms with Crippen molar-refractivity contribution in [2.75, 3.05) is 16.0 Å². The van der Waals surface area contributed by atoms with E-state index in [2.05, 4.69) is 10.5 Å². The Balaban J connectivity index is 1.62. The van der Waals surface area contributed by atoms with Gasteiger partial charge in [-0.05, 0) is 45.0 Å². The Morgan fingerprint density at radius 3 is 2.59 bits per heavy atom. The van der Waals surface area contributed by atoms with Crippen molar-refractivity contribution in [1.29, 1.82) is 0 Å². The molecule has 2 heterocycles. The molecule has 0 saturated heterocycles. The number of thioether (sulfide) groups is 1. The van der Waals surface area contributed by atoms with E-state index in [0.29, 0.717) is 23.9 Å². The van der Waals surface area contributed by atoms with Gasteiger partial charge in [0.05, 0.1) is 23.8 Å². The van der Waals surface area contributed by atoms with Gasteiger partial charge in [0.15, 0.2) is 5.82 Å². The Kier molecular flexibility index (Phi) is 6.77. The van der Waals surface area contributed by atoms with Gasteiger partial charge in [0.25, 0.3) is 0 Å². The number of nitrogens with zero attached hydrogens (tertiary/aromatic N) is 2. The molecule has 152 valence electrons. The number of carbonyl (C=O) groups is 2. The van der Waals surface area contributed by atoms with E-state index >= 15 is 0 Å². The fourth-order valence-electron chi connectivity index (χ4n) is 2.61. The molecule has 1 atom stereocenters. The predicted octanol–water partition coefficient (Wildman–Crippen LogP) is 4.18. The minimum Gasteiger partial charge on any atom is -0.467 e. The number of hydrogen-bond donors (Lipinski definition) is 1. The monoisotopic (exact) mass is 413 g/mol. The molecule has 3 aromatic rings. The molecule has 0 bridgehead atoms. The van der Waals surface area contributed by atoms with E-state index in [0.717, 1.165) is 11.3 Å². The van der Waals surface area contributed by atoms with Gasteiger partial charge >= 0.3 is 0 Å². The second-order valence-electron chi connectivity index (χ2n) is 6.66. The number of carbonyl (C=O) groups excluding carboxylic acids is 2. The standard InChI is InChI=1S/C21H23N3O4S/c1-14-6-8-17(9-7-14)24(12-18-5-4-10-27-18)20(25)13-29-16(3)21(26)22-19-11-15(2)28-23-19/h4-11,16H,12-13H2,1-3H3,(H,22,23,26)/t16-/m1/s1. The molecule has 8 heteroatoms. The van der Waals surface area contributed by atoms with Crippen LogP contribution in [0.3, 0.4) is 0 Å². The van der Waals surface area contributed by atoms with E-state index in [1.807, 2.05) is 37.3 Å². The fourth-order valence-corrected chi connectivity index (χ4v) is 3.37. The van der Waals surface area contributed by atoms with Gasteiger partial charge in [0.1, 0.15) is 11.5 Å². The number of rotatable bonds is 8. The van der Waals surface area contributed by atoms with E-state index < -0.39 is 5.25 Å². The molecule has 0 unspecified atom stereocenters. The maximum absolute atomic E-state index is 12.9. The Morgan fingerprint density at radius 2 is 1.97 bits per heavy atom. The minimum atomic E-state index is -0.431. The smallest absolute Gasteiger partial charge is 0.238 e. The first-order chi connectivity index (χ1) is 13.9. The number of benzene rings is 1. The maximum atomic E-state index is 12.9. The molecule has 3 rings (SSSR count). The van der Waals surface area contributed by atoms with E-state index in [1.165, 1.54) is 11.8 Å².